The Balaban J connectivity index is 0.00000312. The highest BCUT2D eigenvalue weighted by atomic mass is 127. The van der Waals surface area contributed by atoms with E-state index in [9.17, 15) is 0 Å². The van der Waals surface area contributed by atoms with Crippen molar-refractivity contribution in [3.05, 3.63) is 18.2 Å². The number of hydrogen-bond acceptors (Lipinski definition) is 4. The molecule has 25 heavy (non-hydrogen) atoms. The van der Waals surface area contributed by atoms with Gasteiger partial charge in [-0.15, -0.1) is 24.0 Å². The molecule has 0 spiro atoms. The van der Waals surface area contributed by atoms with Crippen LogP contribution in [0.1, 0.15) is 19.8 Å². The molecule has 1 unspecified atom stereocenters. The van der Waals surface area contributed by atoms with Crippen LogP contribution in [0.5, 0.6) is 11.5 Å². The normalized spacial score (nSPS) is 15.4. The Hall–Kier alpha value is -1.22. The topological polar surface area (TPSA) is 58.1 Å². The Labute approximate surface area is 168 Å². The molecule has 2 N–H and O–H groups in total. The molecule has 0 aromatic heterocycles. The first kappa shape index (κ1) is 21.8. The molecular weight excluding hydrogens is 431 g/mol. The van der Waals surface area contributed by atoms with Gasteiger partial charge in [0.1, 0.15) is 0 Å². The molecule has 0 radical (unpaired) electrons. The minimum Gasteiger partial charge on any atom is -0.493 e. The molecule has 1 fully saturated rings. The number of benzene rings is 1. The Kier molecular flexibility index (Phi) is 9.34. The minimum atomic E-state index is 0. The average Bonchev–Trinajstić information content (AvgIpc) is 3.39. The van der Waals surface area contributed by atoms with Crippen LogP contribution in [0, 0.1) is 5.92 Å². The Bertz CT molecular complexity index is 560. The van der Waals surface area contributed by atoms with E-state index in [4.69, 9.17) is 14.5 Å². The molecule has 0 saturated heterocycles. The van der Waals surface area contributed by atoms with Gasteiger partial charge >= 0.3 is 0 Å². The third-order valence-electron chi connectivity index (χ3n) is 4.26. The summed E-state index contributed by atoms with van der Waals surface area (Å²) in [5, 5.41) is 6.64. The fourth-order valence-corrected chi connectivity index (χ4v) is 2.76. The minimum absolute atomic E-state index is 0. The summed E-state index contributed by atoms with van der Waals surface area (Å²) in [6.45, 7) is 3.67. The maximum absolute atomic E-state index is 5.36. The highest BCUT2D eigenvalue weighted by molar-refractivity contribution is 14.0. The van der Waals surface area contributed by atoms with Crippen LogP contribution in [-0.2, 0) is 0 Å². The predicted molar refractivity (Wildman–Crippen MR) is 115 cm³/mol. The molecule has 1 saturated carbocycles. The van der Waals surface area contributed by atoms with E-state index < -0.39 is 0 Å². The molecule has 1 aromatic rings. The van der Waals surface area contributed by atoms with E-state index in [1.807, 2.05) is 18.2 Å². The van der Waals surface area contributed by atoms with Crippen LogP contribution in [0.4, 0.5) is 5.69 Å². The fourth-order valence-electron chi connectivity index (χ4n) is 2.76. The summed E-state index contributed by atoms with van der Waals surface area (Å²) in [6, 6.07) is 6.26. The van der Waals surface area contributed by atoms with Gasteiger partial charge < -0.3 is 25.0 Å². The predicted octanol–water partition coefficient (Wildman–Crippen LogP) is 3.04. The van der Waals surface area contributed by atoms with Gasteiger partial charge in [0, 0.05) is 24.3 Å². The van der Waals surface area contributed by atoms with Crippen LogP contribution in [0.25, 0.3) is 0 Å². The van der Waals surface area contributed by atoms with Crippen LogP contribution in [-0.4, -0.2) is 58.3 Å². The summed E-state index contributed by atoms with van der Waals surface area (Å²) < 4.78 is 10.6. The quantitative estimate of drug-likeness (QED) is 0.354. The van der Waals surface area contributed by atoms with E-state index in [1.165, 1.54) is 12.8 Å². The van der Waals surface area contributed by atoms with Gasteiger partial charge in [-0.3, -0.25) is 4.99 Å². The highest BCUT2D eigenvalue weighted by Gasteiger charge is 2.32. The van der Waals surface area contributed by atoms with Gasteiger partial charge in [0.05, 0.1) is 20.8 Å². The summed E-state index contributed by atoms with van der Waals surface area (Å²) in [5.41, 5.74) is 0.917. The summed E-state index contributed by atoms with van der Waals surface area (Å²) in [6.07, 6.45) is 2.63. The maximum atomic E-state index is 5.36. The van der Waals surface area contributed by atoms with Crippen molar-refractivity contribution >= 4 is 35.6 Å². The lowest BCUT2D eigenvalue weighted by atomic mass is 10.2. The zero-order valence-electron chi connectivity index (χ0n) is 15.8. The molecule has 7 heteroatoms. The second kappa shape index (κ2) is 10.7. The lowest BCUT2D eigenvalue weighted by molar-refractivity contribution is 0.271. The van der Waals surface area contributed by atoms with E-state index in [0.717, 1.165) is 30.7 Å². The third kappa shape index (κ3) is 6.54. The van der Waals surface area contributed by atoms with Crippen molar-refractivity contribution in [3.63, 3.8) is 0 Å². The molecule has 0 aliphatic heterocycles. The van der Waals surface area contributed by atoms with Crippen molar-refractivity contribution in [1.29, 1.82) is 0 Å². The molecule has 1 aliphatic rings. The molecule has 142 valence electrons. The largest absolute Gasteiger partial charge is 0.493 e. The van der Waals surface area contributed by atoms with Crippen LogP contribution < -0.4 is 20.1 Å². The van der Waals surface area contributed by atoms with E-state index in [1.54, 1.807) is 14.2 Å². The molecule has 1 aromatic carbocycles. The van der Waals surface area contributed by atoms with Crippen molar-refractivity contribution in [2.75, 3.05) is 46.7 Å². The van der Waals surface area contributed by atoms with Crippen molar-refractivity contribution in [2.24, 2.45) is 10.9 Å². The number of likely N-dealkylation sites (N-methyl/N-ethyl adjacent to an activating group) is 1. The molecule has 6 nitrogen and oxygen atoms in total. The van der Waals surface area contributed by atoms with E-state index >= 15 is 0 Å². The van der Waals surface area contributed by atoms with Gasteiger partial charge in [-0.25, -0.2) is 0 Å². The number of halogens is 1. The van der Waals surface area contributed by atoms with E-state index in [2.05, 4.69) is 36.6 Å². The molecule has 2 rings (SSSR count). The summed E-state index contributed by atoms with van der Waals surface area (Å²) in [7, 11) is 7.54. The number of methoxy groups -OCH3 is 2. The summed E-state index contributed by atoms with van der Waals surface area (Å²) in [4.78, 5) is 7.05. The number of rotatable bonds is 8. The van der Waals surface area contributed by atoms with Crippen molar-refractivity contribution in [2.45, 2.75) is 25.8 Å². The van der Waals surface area contributed by atoms with Gasteiger partial charge in [0.2, 0.25) is 0 Å². The number of anilines is 1. The number of ether oxygens (including phenoxy) is 2. The Morgan fingerprint density at radius 2 is 1.92 bits per heavy atom. The van der Waals surface area contributed by atoms with Gasteiger partial charge in [0.25, 0.3) is 0 Å². The van der Waals surface area contributed by atoms with Crippen LogP contribution in [0.15, 0.2) is 23.2 Å². The molecule has 0 heterocycles. The van der Waals surface area contributed by atoms with Crippen molar-refractivity contribution < 1.29 is 9.47 Å². The van der Waals surface area contributed by atoms with Crippen LogP contribution in [0.2, 0.25) is 0 Å². The molecule has 0 amide bonds. The number of aliphatic imine (C=N–C) groups is 1. The SMILES string of the molecule is CCNC(=NCC(C1CC1)N(C)C)Nc1ccc(OC)c(OC)c1.I. The monoisotopic (exact) mass is 462 g/mol. The Morgan fingerprint density at radius 3 is 2.44 bits per heavy atom. The zero-order valence-corrected chi connectivity index (χ0v) is 18.2. The summed E-state index contributed by atoms with van der Waals surface area (Å²) >= 11 is 0. The summed E-state index contributed by atoms with van der Waals surface area (Å²) in [5.74, 6) is 2.99. The maximum Gasteiger partial charge on any atom is 0.195 e. The van der Waals surface area contributed by atoms with Gasteiger partial charge in [-0.05, 0) is 51.9 Å². The first-order valence-electron chi connectivity index (χ1n) is 8.52. The second-order valence-corrected chi connectivity index (χ2v) is 6.28. The van der Waals surface area contributed by atoms with E-state index in [-0.39, 0.29) is 24.0 Å². The van der Waals surface area contributed by atoms with Crippen molar-refractivity contribution in [1.82, 2.24) is 10.2 Å². The third-order valence-corrected chi connectivity index (χ3v) is 4.26. The number of nitrogens with zero attached hydrogens (tertiary/aromatic N) is 2. The fraction of sp³-hybridized carbons (Fsp3) is 0.611. The van der Waals surface area contributed by atoms with Gasteiger partial charge in [0.15, 0.2) is 17.5 Å². The number of guanidine groups is 1. The van der Waals surface area contributed by atoms with Crippen molar-refractivity contribution in [3.8, 4) is 11.5 Å². The van der Waals surface area contributed by atoms with Gasteiger partial charge in [-0.1, -0.05) is 0 Å². The molecular formula is C18H31IN4O2. The number of hydrogen-bond donors (Lipinski definition) is 2. The zero-order chi connectivity index (χ0) is 17.5. The highest BCUT2D eigenvalue weighted by Crippen LogP contribution is 2.34. The van der Waals surface area contributed by atoms with Crippen LogP contribution >= 0.6 is 24.0 Å². The second-order valence-electron chi connectivity index (χ2n) is 6.28. The van der Waals surface area contributed by atoms with E-state index in [0.29, 0.717) is 17.5 Å². The lowest BCUT2D eigenvalue weighted by Gasteiger charge is -2.23. The average molecular weight is 462 g/mol. The molecule has 0 bridgehead atoms. The standard InChI is InChI=1S/C18H30N4O2.HI/c1-6-19-18(20-12-15(22(2)3)13-7-8-13)21-14-9-10-16(23-4)17(11-14)24-5;/h9-11,13,15H,6-8,12H2,1-5H3,(H2,19,20,21);1H. The first-order chi connectivity index (χ1) is 11.6. The lowest BCUT2D eigenvalue weighted by Crippen LogP contribution is -2.36. The Morgan fingerprint density at radius 1 is 1.24 bits per heavy atom. The number of nitrogens with one attached hydrogen (secondary N) is 2. The molecule has 1 aliphatic carbocycles. The first-order valence-corrected chi connectivity index (χ1v) is 8.52. The smallest absolute Gasteiger partial charge is 0.195 e. The molecule has 1 atom stereocenters. The van der Waals surface area contributed by atoms with Gasteiger partial charge in [-0.2, -0.15) is 0 Å². The van der Waals surface area contributed by atoms with Crippen LogP contribution in [0.3, 0.4) is 0 Å².